The third-order valence-corrected chi connectivity index (χ3v) is 5.06. The molecule has 5 nitrogen and oxygen atoms in total. The van der Waals surface area contributed by atoms with Gasteiger partial charge in [-0.25, -0.2) is 4.98 Å². The van der Waals surface area contributed by atoms with Crippen molar-refractivity contribution in [1.82, 2.24) is 9.97 Å². The van der Waals surface area contributed by atoms with Gasteiger partial charge < -0.3 is 14.8 Å². The number of carboxylic acids is 1. The Morgan fingerprint density at radius 3 is 2.46 bits per heavy atom. The van der Waals surface area contributed by atoms with E-state index in [9.17, 15) is 4.79 Å². The van der Waals surface area contributed by atoms with Gasteiger partial charge in [0.1, 0.15) is 11.6 Å². The number of fused-ring (bicyclic) bond motifs is 1. The van der Waals surface area contributed by atoms with E-state index in [-0.39, 0.29) is 0 Å². The molecule has 0 bridgehead atoms. The van der Waals surface area contributed by atoms with Gasteiger partial charge in [0.05, 0.1) is 23.1 Å². The monoisotopic (exact) mass is 380 g/mol. The van der Waals surface area contributed by atoms with Crippen molar-refractivity contribution in [3.63, 3.8) is 0 Å². The van der Waals surface area contributed by atoms with Gasteiger partial charge in [0.15, 0.2) is 0 Å². The molecule has 0 saturated carbocycles. The molecule has 28 heavy (non-hydrogen) atoms. The van der Waals surface area contributed by atoms with Crippen molar-refractivity contribution < 1.29 is 14.6 Å². The first-order valence-corrected chi connectivity index (χ1v) is 9.87. The van der Waals surface area contributed by atoms with Gasteiger partial charge in [-0.1, -0.05) is 31.4 Å². The van der Waals surface area contributed by atoms with E-state index >= 15 is 0 Å². The third kappa shape index (κ3) is 5.12. The molecule has 0 fully saturated rings. The highest BCUT2D eigenvalue weighted by Gasteiger charge is 2.25. The molecule has 1 aromatic heterocycles. The first kappa shape index (κ1) is 19.9. The lowest BCUT2D eigenvalue weighted by Crippen LogP contribution is -2.23. The summed E-state index contributed by atoms with van der Waals surface area (Å²) in [6.45, 7) is 4.24. The van der Waals surface area contributed by atoms with Crippen LogP contribution in [0.2, 0.25) is 0 Å². The van der Waals surface area contributed by atoms with Crippen molar-refractivity contribution in [2.45, 2.75) is 46.0 Å². The fourth-order valence-corrected chi connectivity index (χ4v) is 3.12. The molecule has 0 atom stereocenters. The van der Waals surface area contributed by atoms with E-state index in [4.69, 9.17) is 9.84 Å². The van der Waals surface area contributed by atoms with E-state index in [1.807, 2.05) is 48.5 Å². The number of imidazole rings is 1. The highest BCUT2D eigenvalue weighted by molar-refractivity contribution is 5.79. The average Bonchev–Trinajstić information content (AvgIpc) is 3.12. The maximum Gasteiger partial charge on any atom is 0.309 e. The van der Waals surface area contributed by atoms with Crippen molar-refractivity contribution in [2.75, 3.05) is 6.61 Å². The van der Waals surface area contributed by atoms with E-state index in [1.54, 1.807) is 13.8 Å². The average molecular weight is 380 g/mol. The topological polar surface area (TPSA) is 75.2 Å². The zero-order valence-corrected chi connectivity index (χ0v) is 16.6. The van der Waals surface area contributed by atoms with E-state index in [0.29, 0.717) is 13.0 Å². The molecule has 2 aromatic carbocycles. The van der Waals surface area contributed by atoms with Crippen LogP contribution in [-0.4, -0.2) is 27.7 Å². The fourth-order valence-electron chi connectivity index (χ4n) is 3.12. The van der Waals surface area contributed by atoms with Crippen LogP contribution in [0.25, 0.3) is 22.4 Å². The smallest absolute Gasteiger partial charge is 0.309 e. The number of carbonyl (C=O) groups is 1. The normalized spacial score (nSPS) is 11.6. The Hall–Kier alpha value is -2.82. The first-order chi connectivity index (χ1) is 13.5. The number of nitrogens with one attached hydrogen (secondary N) is 1. The molecule has 0 aliphatic rings. The lowest BCUT2D eigenvalue weighted by atomic mass is 9.87. The Balaban J connectivity index is 1.40. The van der Waals surface area contributed by atoms with Gasteiger partial charge in [-0.05, 0) is 63.1 Å². The summed E-state index contributed by atoms with van der Waals surface area (Å²) in [5.74, 6) is 0.992. The van der Waals surface area contributed by atoms with Gasteiger partial charge >= 0.3 is 5.97 Å². The predicted octanol–water partition coefficient (Wildman–Crippen LogP) is 5.67. The molecule has 1 heterocycles. The van der Waals surface area contributed by atoms with Crippen molar-refractivity contribution in [3.8, 4) is 17.1 Å². The van der Waals surface area contributed by atoms with Crippen molar-refractivity contribution >= 4 is 17.0 Å². The van der Waals surface area contributed by atoms with E-state index in [1.165, 1.54) is 0 Å². The van der Waals surface area contributed by atoms with Gasteiger partial charge in [0.2, 0.25) is 0 Å². The molecule has 0 unspecified atom stereocenters. The summed E-state index contributed by atoms with van der Waals surface area (Å²) in [6.07, 6.45) is 4.70. The highest BCUT2D eigenvalue weighted by Crippen LogP contribution is 2.25. The summed E-state index contributed by atoms with van der Waals surface area (Å²) in [7, 11) is 0. The lowest BCUT2D eigenvalue weighted by molar-refractivity contribution is -0.147. The quantitative estimate of drug-likeness (QED) is 0.444. The van der Waals surface area contributed by atoms with Gasteiger partial charge in [0.25, 0.3) is 0 Å². The van der Waals surface area contributed by atoms with Crippen LogP contribution in [0.5, 0.6) is 5.75 Å². The highest BCUT2D eigenvalue weighted by atomic mass is 16.5. The number of nitrogens with zero attached hydrogens (tertiary/aromatic N) is 1. The number of hydrogen-bond acceptors (Lipinski definition) is 3. The number of unbranched alkanes of at least 4 members (excludes halogenated alkanes) is 3. The molecule has 2 N–H and O–H groups in total. The number of rotatable bonds is 10. The molecular weight excluding hydrogens is 352 g/mol. The Morgan fingerprint density at radius 2 is 1.75 bits per heavy atom. The van der Waals surface area contributed by atoms with Crippen LogP contribution in [0.15, 0.2) is 48.5 Å². The summed E-state index contributed by atoms with van der Waals surface area (Å²) in [4.78, 5) is 19.0. The van der Waals surface area contributed by atoms with Gasteiger partial charge in [0, 0.05) is 5.56 Å². The summed E-state index contributed by atoms with van der Waals surface area (Å²) in [5.41, 5.74) is 2.40. The van der Waals surface area contributed by atoms with E-state index in [2.05, 4.69) is 9.97 Å². The third-order valence-electron chi connectivity index (χ3n) is 5.06. The first-order valence-electron chi connectivity index (χ1n) is 9.87. The second-order valence-electron chi connectivity index (χ2n) is 7.83. The number of aromatic nitrogens is 2. The van der Waals surface area contributed by atoms with Crippen molar-refractivity contribution in [1.29, 1.82) is 0 Å². The van der Waals surface area contributed by atoms with Gasteiger partial charge in [-0.2, -0.15) is 0 Å². The largest absolute Gasteiger partial charge is 0.494 e. The fraction of sp³-hybridized carbons (Fsp3) is 0.391. The van der Waals surface area contributed by atoms with E-state index < -0.39 is 11.4 Å². The minimum absolute atomic E-state index is 0.627. The molecule has 5 heteroatoms. The van der Waals surface area contributed by atoms with Crippen LogP contribution in [0.1, 0.15) is 46.0 Å². The van der Waals surface area contributed by atoms with Crippen LogP contribution in [0.4, 0.5) is 0 Å². The zero-order valence-electron chi connectivity index (χ0n) is 16.6. The second kappa shape index (κ2) is 8.91. The maximum absolute atomic E-state index is 11.1. The molecule has 0 saturated heterocycles. The Labute approximate surface area is 165 Å². The number of aliphatic carboxylic acids is 1. The minimum atomic E-state index is -0.720. The van der Waals surface area contributed by atoms with Crippen LogP contribution in [0, 0.1) is 5.41 Å². The summed E-state index contributed by atoms with van der Waals surface area (Å²) in [5, 5.41) is 9.11. The number of carboxylic acid groups (broad SMARTS) is 1. The number of H-pyrrole nitrogens is 1. The number of para-hydroxylation sites is 2. The zero-order chi connectivity index (χ0) is 20.0. The SMILES string of the molecule is CC(C)(CCCCCCOc1ccc(-c2nc3ccccc3[nH]2)cc1)C(=O)O. The molecule has 0 amide bonds. The van der Waals surface area contributed by atoms with Gasteiger partial charge in [-0.15, -0.1) is 0 Å². The molecule has 0 radical (unpaired) electrons. The lowest BCUT2D eigenvalue weighted by Gasteiger charge is -2.18. The van der Waals surface area contributed by atoms with Crippen LogP contribution in [-0.2, 0) is 4.79 Å². The van der Waals surface area contributed by atoms with E-state index in [0.717, 1.165) is 53.9 Å². The predicted molar refractivity (Wildman–Crippen MR) is 112 cm³/mol. The number of aromatic amines is 1. The van der Waals surface area contributed by atoms with Crippen molar-refractivity contribution in [2.24, 2.45) is 5.41 Å². The number of benzene rings is 2. The molecule has 3 aromatic rings. The molecule has 0 spiro atoms. The number of ether oxygens (including phenoxy) is 1. The van der Waals surface area contributed by atoms with Crippen LogP contribution < -0.4 is 4.74 Å². The maximum atomic E-state index is 11.1. The van der Waals surface area contributed by atoms with Gasteiger partial charge in [-0.3, -0.25) is 4.79 Å². The Morgan fingerprint density at radius 1 is 1.04 bits per heavy atom. The number of hydrogen-bond donors (Lipinski definition) is 2. The standard InChI is InChI=1S/C23H28N2O3/c1-23(2,22(26)27)15-7-3-4-8-16-28-18-13-11-17(12-14-18)21-24-19-9-5-6-10-20(19)25-21/h5-6,9-14H,3-4,7-8,15-16H2,1-2H3,(H,24,25)(H,26,27). The minimum Gasteiger partial charge on any atom is -0.494 e. The van der Waals surface area contributed by atoms with Crippen LogP contribution >= 0.6 is 0 Å². The summed E-state index contributed by atoms with van der Waals surface area (Å²) < 4.78 is 5.82. The Kier molecular flexibility index (Phi) is 6.34. The molecule has 0 aliphatic carbocycles. The summed E-state index contributed by atoms with van der Waals surface area (Å²) in [6, 6.07) is 16.0. The second-order valence-corrected chi connectivity index (χ2v) is 7.83. The Bertz CT molecular complexity index is 880. The molecular formula is C23H28N2O3. The molecule has 3 rings (SSSR count). The summed E-state index contributed by atoms with van der Waals surface area (Å²) >= 11 is 0. The van der Waals surface area contributed by atoms with Crippen molar-refractivity contribution in [3.05, 3.63) is 48.5 Å². The molecule has 0 aliphatic heterocycles. The van der Waals surface area contributed by atoms with Crippen LogP contribution in [0.3, 0.4) is 0 Å². The molecule has 148 valence electrons.